The molecular formula is C22H18ClF2N3O4. The summed E-state index contributed by atoms with van der Waals surface area (Å²) in [6.07, 6.45) is -0.455. The van der Waals surface area contributed by atoms with Crippen molar-refractivity contribution in [3.63, 3.8) is 0 Å². The van der Waals surface area contributed by atoms with E-state index in [1.165, 1.54) is 0 Å². The van der Waals surface area contributed by atoms with E-state index in [1.54, 1.807) is 0 Å². The molecule has 2 aliphatic rings. The summed E-state index contributed by atoms with van der Waals surface area (Å²) in [5.41, 5.74) is -3.37. The number of halogens is 3. The zero-order valence-corrected chi connectivity index (χ0v) is 16.8. The topological polar surface area (TPSA) is 95.6 Å². The second-order valence-electron chi connectivity index (χ2n) is 6.94. The number of carbonyl (C=O) groups is 4. The zero-order chi connectivity index (χ0) is 29.2. The zero-order valence-electron chi connectivity index (χ0n) is 23.0. The molecule has 2 aromatic carbocycles. The molecule has 1 unspecified atom stereocenters. The second kappa shape index (κ2) is 8.31. The molecule has 0 spiro atoms. The van der Waals surface area contributed by atoms with Crippen LogP contribution in [0.15, 0.2) is 42.4 Å². The molecule has 32 heavy (non-hydrogen) atoms. The van der Waals surface area contributed by atoms with Crippen LogP contribution in [0.4, 0.5) is 8.78 Å². The SMILES string of the molecule is [2H]c1cc2c(c([2H])c1C([2H])([2H])N([2H])C(=O)C(F)(F)c1ccc(Cl)cc1)C([2H])([2H])N(C1CCC(=O)NC1=O)C2=O. The summed E-state index contributed by atoms with van der Waals surface area (Å²) in [7, 11) is 0. The smallest absolute Gasteiger partial charge is 0.346 e. The van der Waals surface area contributed by atoms with E-state index in [0.29, 0.717) is 11.0 Å². The Balaban J connectivity index is 1.77. The van der Waals surface area contributed by atoms with Crippen LogP contribution < -0.4 is 10.6 Å². The predicted octanol–water partition coefficient (Wildman–Crippen LogP) is 2.51. The summed E-state index contributed by atoms with van der Waals surface area (Å²) in [4.78, 5) is 50.1. The third-order valence-corrected chi connectivity index (χ3v) is 5.08. The van der Waals surface area contributed by atoms with Crippen molar-refractivity contribution in [2.75, 3.05) is 0 Å². The quantitative estimate of drug-likeness (QED) is 0.659. The summed E-state index contributed by atoms with van der Waals surface area (Å²) in [5, 5.41) is 1.31. The molecule has 2 aliphatic heterocycles. The van der Waals surface area contributed by atoms with Crippen molar-refractivity contribution in [3.8, 4) is 0 Å². The molecule has 0 aromatic heterocycles. The highest BCUT2D eigenvalue weighted by molar-refractivity contribution is 6.30. The van der Waals surface area contributed by atoms with Crippen molar-refractivity contribution in [2.24, 2.45) is 0 Å². The van der Waals surface area contributed by atoms with Gasteiger partial charge in [0.15, 0.2) is 1.41 Å². The highest BCUT2D eigenvalue weighted by Crippen LogP contribution is 2.30. The summed E-state index contributed by atoms with van der Waals surface area (Å²) >= 11 is 5.67. The Kier molecular flexibility index (Phi) is 3.81. The highest BCUT2D eigenvalue weighted by atomic mass is 35.5. The fraction of sp³-hybridized carbons (Fsp3) is 0.273. The van der Waals surface area contributed by atoms with Gasteiger partial charge in [0.25, 0.3) is 11.8 Å². The van der Waals surface area contributed by atoms with Crippen LogP contribution in [0.25, 0.3) is 0 Å². The number of hydrogen-bond donors (Lipinski definition) is 2. The van der Waals surface area contributed by atoms with Gasteiger partial charge in [0.1, 0.15) is 6.04 Å². The van der Waals surface area contributed by atoms with Crippen LogP contribution in [0.2, 0.25) is 6.43 Å². The van der Waals surface area contributed by atoms with Gasteiger partial charge in [0, 0.05) is 35.6 Å². The third-order valence-electron chi connectivity index (χ3n) is 4.83. The van der Waals surface area contributed by atoms with Crippen LogP contribution >= 0.6 is 11.6 Å². The Labute approximate surface area is 196 Å². The first kappa shape index (κ1) is 14.7. The standard InChI is InChI=1S/C22H18ClF2N3O4/c23-15-4-2-14(3-5-15)22(24,25)21(32)26-10-12-1-6-16-13(9-12)11-28(20(16)31)17-7-8-18(29)27-19(17)30/h1-6,9,17H,7-8,10-11H2,(H,26,32)(H,27,29,30)/i1D,9D,10D2,11D2/hD. The molecule has 10 heteroatoms. The third kappa shape index (κ3) is 4.08. The molecule has 1 saturated heterocycles. The molecule has 0 bridgehead atoms. The first-order valence-electron chi connectivity index (χ1n) is 12.7. The maximum atomic E-state index is 14.9. The van der Waals surface area contributed by atoms with Gasteiger partial charge in [-0.25, -0.2) is 0 Å². The van der Waals surface area contributed by atoms with Crippen molar-refractivity contribution < 1.29 is 37.6 Å². The molecule has 0 radical (unpaired) electrons. The second-order valence-corrected chi connectivity index (χ2v) is 7.38. The van der Waals surface area contributed by atoms with Gasteiger partial charge < -0.3 is 10.2 Å². The summed E-state index contributed by atoms with van der Waals surface area (Å²) in [5.74, 6) is -9.50. The molecule has 2 aromatic rings. The normalized spacial score (nSPS) is 23.6. The fourth-order valence-electron chi connectivity index (χ4n) is 3.17. The molecule has 166 valence electrons. The lowest BCUT2D eigenvalue weighted by Crippen LogP contribution is -2.52. The number of hydrogen-bond acceptors (Lipinski definition) is 4. The largest absolute Gasteiger partial charge is 0.349 e. The maximum absolute atomic E-state index is 14.9. The van der Waals surface area contributed by atoms with E-state index in [2.05, 4.69) is 0 Å². The first-order valence-corrected chi connectivity index (χ1v) is 9.61. The number of nitrogens with one attached hydrogen (secondary N) is 2. The van der Waals surface area contributed by atoms with E-state index in [-0.39, 0.29) is 17.9 Å². The predicted molar refractivity (Wildman–Crippen MR) is 110 cm³/mol. The number of rotatable bonds is 5. The monoisotopic (exact) mass is 468 g/mol. The van der Waals surface area contributed by atoms with Crippen molar-refractivity contribution in [1.82, 2.24) is 15.5 Å². The van der Waals surface area contributed by atoms with E-state index < -0.39 is 88.2 Å². The van der Waals surface area contributed by atoms with Gasteiger partial charge in [0.05, 0.1) is 8.22 Å². The molecule has 2 heterocycles. The van der Waals surface area contributed by atoms with E-state index in [4.69, 9.17) is 21.2 Å². The number of nitrogens with zero attached hydrogens (tertiary/aromatic N) is 1. The van der Waals surface area contributed by atoms with E-state index in [9.17, 15) is 28.0 Å². The Bertz CT molecular complexity index is 1430. The average Bonchev–Trinajstić information content (AvgIpc) is 3.03. The molecular weight excluding hydrogens is 444 g/mol. The van der Waals surface area contributed by atoms with Gasteiger partial charge in [-0.3, -0.25) is 24.5 Å². The van der Waals surface area contributed by atoms with Crippen LogP contribution in [-0.4, -0.2) is 34.6 Å². The van der Waals surface area contributed by atoms with Crippen LogP contribution in [0, 0.1) is 0 Å². The average molecular weight is 469 g/mol. The van der Waals surface area contributed by atoms with Crippen LogP contribution in [0.3, 0.4) is 0 Å². The van der Waals surface area contributed by atoms with Crippen LogP contribution in [0.5, 0.6) is 0 Å². The highest BCUT2D eigenvalue weighted by Gasteiger charge is 2.41. The number of benzene rings is 2. The number of piperidine rings is 1. The van der Waals surface area contributed by atoms with Crippen molar-refractivity contribution >= 4 is 35.2 Å². The Morgan fingerprint density at radius 1 is 1.34 bits per heavy atom. The lowest BCUT2D eigenvalue weighted by molar-refractivity contribution is -0.147. The number of amides is 4. The van der Waals surface area contributed by atoms with Crippen LogP contribution in [-0.2, 0) is 33.3 Å². The first-order chi connectivity index (χ1) is 17.9. The van der Waals surface area contributed by atoms with Gasteiger partial charge in [-0.05, 0) is 35.7 Å². The Morgan fingerprint density at radius 3 is 2.75 bits per heavy atom. The minimum absolute atomic E-state index is 0.0751. The van der Waals surface area contributed by atoms with E-state index in [0.717, 1.165) is 24.3 Å². The maximum Gasteiger partial charge on any atom is 0.349 e. The van der Waals surface area contributed by atoms with E-state index >= 15 is 0 Å². The molecule has 0 aliphatic carbocycles. The van der Waals surface area contributed by atoms with Crippen molar-refractivity contribution in [2.45, 2.75) is 37.8 Å². The molecule has 4 rings (SSSR count). The molecule has 1 atom stereocenters. The summed E-state index contributed by atoms with van der Waals surface area (Å²) in [6, 6.07) is 0.843. The number of alkyl halides is 2. The Morgan fingerprint density at radius 2 is 2.06 bits per heavy atom. The van der Waals surface area contributed by atoms with E-state index in [1.807, 2.05) is 5.32 Å². The van der Waals surface area contributed by atoms with Crippen molar-refractivity contribution in [1.29, 1.82) is 0 Å². The fourth-order valence-corrected chi connectivity index (χ4v) is 3.30. The minimum atomic E-state index is -4.42. The van der Waals surface area contributed by atoms with Gasteiger partial charge in [0.2, 0.25) is 11.8 Å². The molecule has 4 amide bonds. The van der Waals surface area contributed by atoms with Gasteiger partial charge in [-0.15, -0.1) is 0 Å². The number of imide groups is 1. The molecule has 1 fully saturated rings. The number of carbonyl (C=O) groups excluding carboxylic acids is 4. The molecule has 0 saturated carbocycles. The molecule has 7 nitrogen and oxygen atoms in total. The number of fused-ring (bicyclic) bond motifs is 1. The summed E-state index contributed by atoms with van der Waals surface area (Å²) < 4.78 is 88.0. The molecule has 2 N–H and O–H groups in total. The van der Waals surface area contributed by atoms with Gasteiger partial charge in [-0.1, -0.05) is 35.8 Å². The van der Waals surface area contributed by atoms with Gasteiger partial charge >= 0.3 is 5.92 Å². The lowest BCUT2D eigenvalue weighted by atomic mass is 10.0. The van der Waals surface area contributed by atoms with Crippen LogP contribution in [0.1, 0.15) is 48.1 Å². The van der Waals surface area contributed by atoms with Gasteiger partial charge in [-0.2, -0.15) is 8.78 Å². The Hall–Kier alpha value is -3.33. The lowest BCUT2D eigenvalue weighted by Gasteiger charge is -2.29. The summed E-state index contributed by atoms with van der Waals surface area (Å²) in [6.45, 7) is -6.51. The van der Waals surface area contributed by atoms with Crippen molar-refractivity contribution in [3.05, 3.63) is 69.7 Å². The minimum Gasteiger partial charge on any atom is -0.346 e.